The average Bonchev–Trinajstić information content (AvgIpc) is 2.91. The van der Waals surface area contributed by atoms with Crippen LogP contribution >= 0.6 is 11.3 Å². The molecule has 0 bridgehead atoms. The number of hydrazone groups is 1. The number of aryl methyl sites for hydroxylation is 1. The number of fused-ring (bicyclic) bond motifs is 1. The number of nitrogens with zero attached hydrogens (tertiary/aromatic N) is 2. The number of benzene rings is 1. The maximum absolute atomic E-state index is 5.59. The molecule has 1 atom stereocenters. The quantitative estimate of drug-likeness (QED) is 0.667. The molecule has 4 nitrogen and oxygen atoms in total. The lowest BCUT2D eigenvalue weighted by Crippen LogP contribution is -2.09. The Morgan fingerprint density at radius 2 is 2.32 bits per heavy atom. The van der Waals surface area contributed by atoms with Gasteiger partial charge in [0.1, 0.15) is 5.75 Å². The molecule has 0 spiro atoms. The molecule has 0 saturated carbocycles. The molecule has 1 heterocycles. The number of hydrogen-bond acceptors (Lipinski definition) is 5. The Hall–Kier alpha value is -1.88. The summed E-state index contributed by atoms with van der Waals surface area (Å²) < 4.78 is 5.59. The Bertz CT molecular complexity index is 666. The van der Waals surface area contributed by atoms with E-state index in [9.17, 15) is 0 Å². The lowest BCUT2D eigenvalue weighted by Gasteiger charge is -2.15. The van der Waals surface area contributed by atoms with E-state index in [-0.39, 0.29) is 0 Å². The summed E-state index contributed by atoms with van der Waals surface area (Å²) in [4.78, 5) is 6.05. The number of aromatic nitrogens is 1. The van der Waals surface area contributed by atoms with Crippen molar-refractivity contribution in [3.63, 3.8) is 0 Å². The van der Waals surface area contributed by atoms with Crippen molar-refractivity contribution >= 4 is 22.7 Å². The smallest absolute Gasteiger partial charge is 0.203 e. The van der Waals surface area contributed by atoms with Gasteiger partial charge in [-0.25, -0.2) is 4.98 Å². The van der Waals surface area contributed by atoms with Crippen molar-refractivity contribution in [2.75, 3.05) is 12.0 Å². The van der Waals surface area contributed by atoms with E-state index in [1.54, 1.807) is 17.6 Å². The predicted molar refractivity (Wildman–Crippen MR) is 92.1 cm³/mol. The lowest BCUT2D eigenvalue weighted by atomic mass is 9.93. The zero-order chi connectivity index (χ0) is 15.4. The number of thiazole rings is 1. The molecule has 0 amide bonds. The third-order valence-electron chi connectivity index (χ3n) is 3.77. The molecule has 1 aromatic carbocycles. The highest BCUT2D eigenvalue weighted by atomic mass is 32.1. The highest BCUT2D eigenvalue weighted by Crippen LogP contribution is 2.32. The fourth-order valence-electron chi connectivity index (χ4n) is 2.62. The number of anilines is 1. The van der Waals surface area contributed by atoms with Crippen molar-refractivity contribution in [1.82, 2.24) is 4.98 Å². The van der Waals surface area contributed by atoms with Crippen LogP contribution in [0.25, 0.3) is 0 Å². The number of ether oxygens (including phenoxy) is 1. The molecule has 0 aliphatic heterocycles. The second kappa shape index (κ2) is 6.92. The molecule has 0 fully saturated rings. The topological polar surface area (TPSA) is 46.5 Å². The van der Waals surface area contributed by atoms with Crippen LogP contribution in [0.4, 0.5) is 5.13 Å². The summed E-state index contributed by atoms with van der Waals surface area (Å²) in [6, 6.07) is 7.89. The Morgan fingerprint density at radius 1 is 1.45 bits per heavy atom. The second-order valence-electron chi connectivity index (χ2n) is 5.58. The summed E-state index contributed by atoms with van der Waals surface area (Å²) >= 11 is 1.72. The van der Waals surface area contributed by atoms with Crippen molar-refractivity contribution in [2.45, 2.75) is 33.1 Å². The molecular formula is C17H21N3OS. The number of para-hydroxylation sites is 1. The van der Waals surface area contributed by atoms with Gasteiger partial charge >= 0.3 is 0 Å². The van der Waals surface area contributed by atoms with Crippen molar-refractivity contribution < 1.29 is 4.74 Å². The van der Waals surface area contributed by atoms with Crippen LogP contribution in [0.5, 0.6) is 5.75 Å². The minimum Gasteiger partial charge on any atom is -0.493 e. The van der Waals surface area contributed by atoms with Crippen LogP contribution in [0.3, 0.4) is 0 Å². The van der Waals surface area contributed by atoms with Crippen LogP contribution in [0.2, 0.25) is 0 Å². The molecular weight excluding hydrogens is 294 g/mol. The summed E-state index contributed by atoms with van der Waals surface area (Å²) in [7, 11) is 0. The maximum atomic E-state index is 5.59. The minimum absolute atomic E-state index is 0.648. The van der Waals surface area contributed by atoms with Gasteiger partial charge in [0, 0.05) is 10.4 Å². The van der Waals surface area contributed by atoms with E-state index >= 15 is 0 Å². The Kier molecular flexibility index (Phi) is 4.73. The Labute approximate surface area is 135 Å². The molecule has 5 heteroatoms. The molecule has 1 aromatic heterocycles. The predicted octanol–water partition coefficient (Wildman–Crippen LogP) is 4.11. The van der Waals surface area contributed by atoms with E-state index in [0.717, 1.165) is 35.2 Å². The van der Waals surface area contributed by atoms with Gasteiger partial charge < -0.3 is 4.74 Å². The van der Waals surface area contributed by atoms with Gasteiger partial charge in [0.15, 0.2) is 0 Å². The zero-order valence-corrected chi connectivity index (χ0v) is 13.8. The lowest BCUT2D eigenvalue weighted by molar-refractivity contribution is 0.340. The van der Waals surface area contributed by atoms with Crippen molar-refractivity contribution in [3.05, 3.63) is 40.4 Å². The third-order valence-corrected chi connectivity index (χ3v) is 4.79. The molecule has 1 aliphatic rings. The van der Waals surface area contributed by atoms with Crippen molar-refractivity contribution in [1.29, 1.82) is 0 Å². The van der Waals surface area contributed by atoms with Gasteiger partial charge in [-0.05, 0) is 44.2 Å². The summed E-state index contributed by atoms with van der Waals surface area (Å²) in [5.74, 6) is 1.62. The van der Waals surface area contributed by atoms with Gasteiger partial charge in [-0.1, -0.05) is 19.1 Å². The first-order chi connectivity index (χ1) is 10.8. The highest BCUT2D eigenvalue weighted by Gasteiger charge is 2.19. The summed E-state index contributed by atoms with van der Waals surface area (Å²) in [6.45, 7) is 4.93. The number of hydrogen-bond donors (Lipinski definition) is 1. The van der Waals surface area contributed by atoms with E-state index in [4.69, 9.17) is 4.74 Å². The first kappa shape index (κ1) is 15.0. The van der Waals surface area contributed by atoms with Crippen molar-refractivity contribution in [2.24, 2.45) is 11.0 Å². The van der Waals surface area contributed by atoms with Crippen LogP contribution in [0.1, 0.15) is 36.4 Å². The standard InChI is InChI=1S/C17H21N3OS/c1-3-21-15-7-5-4-6-13(15)11-18-20-17-19-14-9-8-12(2)10-16(14)22-17/h4-7,11-12H,3,8-10H2,1-2H3,(H,19,20)/t12-/m0/s1. The first-order valence-corrected chi connectivity index (χ1v) is 8.57. The Balaban J connectivity index is 1.68. The van der Waals surface area contributed by atoms with Crippen LogP contribution in [0, 0.1) is 5.92 Å². The monoisotopic (exact) mass is 315 g/mol. The van der Waals surface area contributed by atoms with Crippen LogP contribution < -0.4 is 10.2 Å². The Morgan fingerprint density at radius 3 is 3.18 bits per heavy atom. The van der Waals surface area contributed by atoms with Gasteiger partial charge in [0.25, 0.3) is 0 Å². The normalized spacial score (nSPS) is 17.5. The molecule has 3 rings (SSSR count). The third kappa shape index (κ3) is 3.47. The molecule has 2 aromatic rings. The van der Waals surface area contributed by atoms with Gasteiger partial charge in [-0.3, -0.25) is 5.43 Å². The molecule has 22 heavy (non-hydrogen) atoms. The van der Waals surface area contributed by atoms with E-state index in [1.807, 2.05) is 31.2 Å². The van der Waals surface area contributed by atoms with Gasteiger partial charge in [-0.2, -0.15) is 5.10 Å². The van der Waals surface area contributed by atoms with E-state index in [1.165, 1.54) is 17.0 Å². The van der Waals surface area contributed by atoms with E-state index < -0.39 is 0 Å². The first-order valence-electron chi connectivity index (χ1n) is 7.75. The van der Waals surface area contributed by atoms with Crippen LogP contribution in [-0.4, -0.2) is 17.8 Å². The second-order valence-corrected chi connectivity index (χ2v) is 6.66. The highest BCUT2D eigenvalue weighted by molar-refractivity contribution is 7.15. The van der Waals surface area contributed by atoms with Gasteiger partial charge in [-0.15, -0.1) is 11.3 Å². The van der Waals surface area contributed by atoms with Crippen molar-refractivity contribution in [3.8, 4) is 5.75 Å². The molecule has 0 unspecified atom stereocenters. The van der Waals surface area contributed by atoms with Crippen LogP contribution in [-0.2, 0) is 12.8 Å². The fourth-order valence-corrected chi connectivity index (χ4v) is 3.74. The maximum Gasteiger partial charge on any atom is 0.203 e. The van der Waals surface area contributed by atoms with Crippen LogP contribution in [0.15, 0.2) is 29.4 Å². The molecule has 1 N–H and O–H groups in total. The fraction of sp³-hybridized carbons (Fsp3) is 0.412. The SMILES string of the molecule is CCOc1ccccc1C=NNc1nc2c(s1)C[C@@H](C)CC2. The van der Waals surface area contributed by atoms with Gasteiger partial charge in [0.05, 0.1) is 18.5 Å². The number of nitrogens with one attached hydrogen (secondary N) is 1. The summed E-state index contributed by atoms with van der Waals surface area (Å²) in [6.07, 6.45) is 5.26. The molecule has 0 radical (unpaired) electrons. The summed E-state index contributed by atoms with van der Waals surface area (Å²) in [5.41, 5.74) is 5.27. The largest absolute Gasteiger partial charge is 0.493 e. The molecule has 0 saturated heterocycles. The molecule has 116 valence electrons. The number of rotatable bonds is 5. The average molecular weight is 315 g/mol. The van der Waals surface area contributed by atoms with E-state index in [2.05, 4.69) is 22.4 Å². The summed E-state index contributed by atoms with van der Waals surface area (Å²) in [5, 5.41) is 5.19. The van der Waals surface area contributed by atoms with E-state index in [0.29, 0.717) is 6.61 Å². The minimum atomic E-state index is 0.648. The van der Waals surface area contributed by atoms with Gasteiger partial charge in [0.2, 0.25) is 5.13 Å². The zero-order valence-electron chi connectivity index (χ0n) is 13.0. The molecule has 1 aliphatic carbocycles.